The second-order valence-corrected chi connectivity index (χ2v) is 4.69. The maximum Gasteiger partial charge on any atom is 0.227 e. The summed E-state index contributed by atoms with van der Waals surface area (Å²) >= 11 is 6.35. The molecule has 0 bridgehead atoms. The van der Waals surface area contributed by atoms with Gasteiger partial charge in [-0.3, -0.25) is 0 Å². The third-order valence-corrected chi connectivity index (χ3v) is 3.46. The van der Waals surface area contributed by atoms with Gasteiger partial charge in [-0.05, 0) is 18.9 Å². The van der Waals surface area contributed by atoms with E-state index in [4.69, 9.17) is 16.3 Å². The minimum Gasteiger partial charge on any atom is -0.381 e. The summed E-state index contributed by atoms with van der Waals surface area (Å²) in [7, 11) is 0. The number of nitrogens with one attached hydrogen (secondary N) is 1. The second-order valence-electron chi connectivity index (χ2n) is 4.33. The average Bonchev–Trinajstić information content (AvgIpc) is 2.82. The van der Waals surface area contributed by atoms with Crippen molar-refractivity contribution < 1.29 is 4.74 Å². The van der Waals surface area contributed by atoms with Crippen molar-refractivity contribution >= 4 is 23.2 Å². The first-order chi connectivity index (χ1) is 9.34. The predicted molar refractivity (Wildman–Crippen MR) is 71.6 cm³/mol. The van der Waals surface area contributed by atoms with Gasteiger partial charge in [-0.15, -0.1) is 0 Å². The average molecular weight is 280 g/mol. The topological polar surface area (TPSA) is 64.9 Å². The first kappa shape index (κ1) is 12.4. The Morgan fingerprint density at radius 2 is 2.00 bits per heavy atom. The minimum atomic E-state index is 0.300. The number of rotatable bonds is 3. The van der Waals surface area contributed by atoms with E-state index in [9.17, 15) is 0 Å². The molecule has 0 radical (unpaired) electrons. The quantitative estimate of drug-likeness (QED) is 0.935. The molecule has 6 nitrogen and oxygen atoms in total. The highest BCUT2D eigenvalue weighted by Crippen LogP contribution is 2.30. The Labute approximate surface area is 115 Å². The van der Waals surface area contributed by atoms with Crippen LogP contribution in [0.15, 0.2) is 24.7 Å². The second kappa shape index (κ2) is 5.54. The van der Waals surface area contributed by atoms with Crippen LogP contribution in [0.4, 0.5) is 11.6 Å². The van der Waals surface area contributed by atoms with Gasteiger partial charge < -0.3 is 10.1 Å². The van der Waals surface area contributed by atoms with E-state index < -0.39 is 0 Å². The van der Waals surface area contributed by atoms with Crippen LogP contribution in [0.25, 0.3) is 0 Å². The summed E-state index contributed by atoms with van der Waals surface area (Å²) in [6.07, 6.45) is 6.91. The lowest BCUT2D eigenvalue weighted by atomic mass is 10.1. The molecule has 1 fully saturated rings. The van der Waals surface area contributed by atoms with Gasteiger partial charge in [0, 0.05) is 25.6 Å². The molecule has 0 aliphatic carbocycles. The smallest absolute Gasteiger partial charge is 0.227 e. The molecule has 2 aromatic heterocycles. The summed E-state index contributed by atoms with van der Waals surface area (Å²) in [4.78, 5) is 8.20. The molecule has 1 aliphatic heterocycles. The van der Waals surface area contributed by atoms with E-state index in [0.717, 1.165) is 31.7 Å². The Bertz CT molecular complexity index is 538. The van der Waals surface area contributed by atoms with Crippen molar-refractivity contribution in [1.82, 2.24) is 19.7 Å². The van der Waals surface area contributed by atoms with Gasteiger partial charge in [-0.2, -0.15) is 5.10 Å². The standard InChI is InChI=1S/C12H14ClN5O/c13-11-10(17-12-14-4-1-5-15-12)8-16-18(11)9-2-6-19-7-3-9/h1,4-5,8-9H,2-3,6-7H2,(H,14,15,17). The Morgan fingerprint density at radius 1 is 1.26 bits per heavy atom. The summed E-state index contributed by atoms with van der Waals surface area (Å²) in [6.45, 7) is 1.51. The molecule has 0 amide bonds. The molecule has 7 heteroatoms. The number of halogens is 1. The van der Waals surface area contributed by atoms with Gasteiger partial charge in [0.25, 0.3) is 0 Å². The molecule has 0 atom stereocenters. The molecule has 100 valence electrons. The number of anilines is 2. The van der Waals surface area contributed by atoms with Crippen molar-refractivity contribution in [2.75, 3.05) is 18.5 Å². The van der Waals surface area contributed by atoms with E-state index in [1.807, 2.05) is 4.68 Å². The third kappa shape index (κ3) is 2.69. The minimum absolute atomic E-state index is 0.300. The van der Waals surface area contributed by atoms with Crippen molar-refractivity contribution in [2.45, 2.75) is 18.9 Å². The van der Waals surface area contributed by atoms with Crippen LogP contribution in [0.5, 0.6) is 0 Å². The van der Waals surface area contributed by atoms with Crippen LogP contribution < -0.4 is 5.32 Å². The van der Waals surface area contributed by atoms with Gasteiger partial charge in [0.15, 0.2) is 5.15 Å². The first-order valence-corrected chi connectivity index (χ1v) is 6.57. The Balaban J connectivity index is 1.78. The highest BCUT2D eigenvalue weighted by molar-refractivity contribution is 6.32. The summed E-state index contributed by atoms with van der Waals surface area (Å²) in [5.74, 6) is 0.510. The lowest BCUT2D eigenvalue weighted by Crippen LogP contribution is -2.20. The molecule has 19 heavy (non-hydrogen) atoms. The molecule has 1 aliphatic rings. The zero-order valence-electron chi connectivity index (χ0n) is 10.3. The lowest BCUT2D eigenvalue weighted by molar-refractivity contribution is 0.0663. The monoisotopic (exact) mass is 279 g/mol. The number of hydrogen-bond acceptors (Lipinski definition) is 5. The number of nitrogens with zero attached hydrogens (tertiary/aromatic N) is 4. The third-order valence-electron chi connectivity index (χ3n) is 3.08. The molecule has 1 N–H and O–H groups in total. The maximum absolute atomic E-state index is 6.35. The van der Waals surface area contributed by atoms with Crippen molar-refractivity contribution in [3.63, 3.8) is 0 Å². The van der Waals surface area contributed by atoms with E-state index in [-0.39, 0.29) is 0 Å². The first-order valence-electron chi connectivity index (χ1n) is 6.19. The van der Waals surface area contributed by atoms with Crippen LogP contribution in [0.1, 0.15) is 18.9 Å². The molecular formula is C12H14ClN5O. The fraction of sp³-hybridized carbons (Fsp3) is 0.417. The largest absolute Gasteiger partial charge is 0.381 e. The van der Waals surface area contributed by atoms with Gasteiger partial charge in [0.05, 0.1) is 17.9 Å². The highest BCUT2D eigenvalue weighted by atomic mass is 35.5. The fourth-order valence-corrected chi connectivity index (χ4v) is 2.38. The summed E-state index contributed by atoms with van der Waals surface area (Å²) in [5, 5.41) is 7.99. The van der Waals surface area contributed by atoms with Gasteiger partial charge >= 0.3 is 0 Å². The number of hydrogen-bond donors (Lipinski definition) is 1. The van der Waals surface area contributed by atoms with E-state index in [1.165, 1.54) is 0 Å². The fourth-order valence-electron chi connectivity index (χ4n) is 2.10. The molecule has 2 aromatic rings. The van der Waals surface area contributed by atoms with E-state index >= 15 is 0 Å². The number of aromatic nitrogens is 4. The molecule has 1 saturated heterocycles. The maximum atomic E-state index is 6.35. The van der Waals surface area contributed by atoms with Crippen LogP contribution in [0.2, 0.25) is 5.15 Å². The Morgan fingerprint density at radius 3 is 2.74 bits per heavy atom. The molecule has 0 saturated carbocycles. The van der Waals surface area contributed by atoms with Crippen molar-refractivity contribution in [3.05, 3.63) is 29.8 Å². The van der Waals surface area contributed by atoms with Crippen LogP contribution in [0, 0.1) is 0 Å². The highest BCUT2D eigenvalue weighted by Gasteiger charge is 2.20. The zero-order chi connectivity index (χ0) is 13.1. The van der Waals surface area contributed by atoms with Crippen LogP contribution in [-0.2, 0) is 4.74 Å². The number of ether oxygens (including phenoxy) is 1. The van der Waals surface area contributed by atoms with Crippen molar-refractivity contribution in [3.8, 4) is 0 Å². The molecule has 3 heterocycles. The van der Waals surface area contributed by atoms with Gasteiger partial charge in [-0.1, -0.05) is 11.6 Å². The zero-order valence-corrected chi connectivity index (χ0v) is 11.0. The van der Waals surface area contributed by atoms with Gasteiger partial charge in [-0.25, -0.2) is 14.6 Å². The van der Waals surface area contributed by atoms with Crippen molar-refractivity contribution in [1.29, 1.82) is 0 Å². The molecule has 3 rings (SSSR count). The molecule has 0 spiro atoms. The van der Waals surface area contributed by atoms with Crippen LogP contribution in [-0.4, -0.2) is 33.0 Å². The Kier molecular flexibility index (Phi) is 3.61. The summed E-state index contributed by atoms with van der Waals surface area (Å²) in [5.41, 5.74) is 0.722. The SMILES string of the molecule is Clc1c(Nc2ncccn2)cnn1C1CCOCC1. The summed E-state index contributed by atoms with van der Waals surface area (Å²) < 4.78 is 7.19. The van der Waals surface area contributed by atoms with E-state index in [0.29, 0.717) is 17.1 Å². The molecular weight excluding hydrogens is 266 g/mol. The normalized spacial score (nSPS) is 16.5. The summed E-state index contributed by atoms with van der Waals surface area (Å²) in [6, 6.07) is 2.06. The van der Waals surface area contributed by atoms with Gasteiger partial charge in [0.2, 0.25) is 5.95 Å². The van der Waals surface area contributed by atoms with E-state index in [2.05, 4.69) is 20.4 Å². The van der Waals surface area contributed by atoms with Crippen LogP contribution in [0.3, 0.4) is 0 Å². The van der Waals surface area contributed by atoms with Gasteiger partial charge in [0.1, 0.15) is 0 Å². The molecule has 0 aromatic carbocycles. The molecule has 0 unspecified atom stereocenters. The van der Waals surface area contributed by atoms with Crippen molar-refractivity contribution in [2.24, 2.45) is 0 Å². The lowest BCUT2D eigenvalue weighted by Gasteiger charge is -2.23. The van der Waals surface area contributed by atoms with Crippen LogP contribution >= 0.6 is 11.6 Å². The van der Waals surface area contributed by atoms with E-state index in [1.54, 1.807) is 24.7 Å². The predicted octanol–water partition coefficient (Wildman–Crippen LogP) is 2.42. The Hall–Kier alpha value is -1.66.